The molecule has 2 aliphatic heterocycles. The van der Waals surface area contributed by atoms with Crippen LogP contribution in [0.1, 0.15) is 50.0 Å². The Hall–Kier alpha value is -1.89. The number of carbonyl (C=O) groups excluding carboxylic acids is 2. The van der Waals surface area contributed by atoms with Crippen molar-refractivity contribution in [1.82, 2.24) is 10.1 Å². The van der Waals surface area contributed by atoms with Crippen LogP contribution in [0.5, 0.6) is 0 Å². The summed E-state index contributed by atoms with van der Waals surface area (Å²) < 4.78 is 10.8. The monoisotopic (exact) mass is 307 g/mol. The van der Waals surface area contributed by atoms with E-state index in [0.717, 1.165) is 12.8 Å². The van der Waals surface area contributed by atoms with Crippen LogP contribution in [0.2, 0.25) is 0 Å². The molecule has 0 aliphatic carbocycles. The number of primary amides is 1. The first-order valence-electron chi connectivity index (χ1n) is 7.53. The minimum absolute atomic E-state index is 0.117. The minimum Gasteiger partial charge on any atom is -0.370 e. The average molecular weight is 307 g/mol. The van der Waals surface area contributed by atoms with Crippen molar-refractivity contribution in [2.45, 2.75) is 56.8 Å². The normalized spacial score (nSPS) is 30.1. The second-order valence-corrected chi connectivity index (χ2v) is 6.76. The Kier molecular flexibility index (Phi) is 3.47. The quantitative estimate of drug-likeness (QED) is 0.901. The summed E-state index contributed by atoms with van der Waals surface area (Å²) in [6, 6.07) is 1.55. The Balaban J connectivity index is 1.94. The number of nitrogens with two attached hydrogens (primary N) is 1. The van der Waals surface area contributed by atoms with Crippen molar-refractivity contribution < 1.29 is 18.8 Å². The molecule has 0 saturated carbocycles. The minimum atomic E-state index is -0.492. The molecule has 3 rings (SSSR count). The summed E-state index contributed by atoms with van der Waals surface area (Å²) in [5, 5.41) is 3.74. The predicted molar refractivity (Wildman–Crippen MR) is 76.9 cm³/mol. The summed E-state index contributed by atoms with van der Waals surface area (Å²) in [5.41, 5.74) is 4.77. The molecule has 7 heteroatoms. The van der Waals surface area contributed by atoms with Gasteiger partial charge < -0.3 is 19.9 Å². The maximum atomic E-state index is 12.7. The van der Waals surface area contributed by atoms with E-state index in [2.05, 4.69) is 5.16 Å². The Bertz CT molecular complexity index is 584. The zero-order valence-electron chi connectivity index (χ0n) is 12.9. The predicted octanol–water partition coefficient (Wildman–Crippen LogP) is 1.09. The highest BCUT2D eigenvalue weighted by Gasteiger charge is 2.58. The Morgan fingerprint density at radius 3 is 2.91 bits per heavy atom. The van der Waals surface area contributed by atoms with E-state index < -0.39 is 17.0 Å². The van der Waals surface area contributed by atoms with E-state index in [-0.39, 0.29) is 24.1 Å². The number of hydrogen-bond acceptors (Lipinski definition) is 5. The topological polar surface area (TPSA) is 98.7 Å². The highest BCUT2D eigenvalue weighted by molar-refractivity contribution is 5.93. The largest absolute Gasteiger partial charge is 0.370 e. The smallest absolute Gasteiger partial charge is 0.276 e. The van der Waals surface area contributed by atoms with E-state index in [9.17, 15) is 9.59 Å². The number of likely N-dealkylation sites (tertiary alicyclic amines) is 1. The summed E-state index contributed by atoms with van der Waals surface area (Å²) in [7, 11) is 0. The van der Waals surface area contributed by atoms with Gasteiger partial charge in [0.1, 0.15) is 6.26 Å². The first kappa shape index (κ1) is 15.0. The van der Waals surface area contributed by atoms with E-state index in [0.29, 0.717) is 13.0 Å². The highest BCUT2D eigenvalue weighted by Crippen LogP contribution is 2.49. The van der Waals surface area contributed by atoms with Crippen molar-refractivity contribution in [3.63, 3.8) is 0 Å². The lowest BCUT2D eigenvalue weighted by Gasteiger charge is -2.38. The van der Waals surface area contributed by atoms with Gasteiger partial charge in [0, 0.05) is 19.0 Å². The molecule has 0 aromatic carbocycles. The summed E-state index contributed by atoms with van der Waals surface area (Å²) in [6.45, 7) is 4.58. The molecule has 3 heterocycles. The van der Waals surface area contributed by atoms with Crippen molar-refractivity contribution >= 4 is 11.8 Å². The Labute approximate surface area is 128 Å². The van der Waals surface area contributed by atoms with Crippen LogP contribution in [0.15, 0.2) is 16.9 Å². The van der Waals surface area contributed by atoms with Gasteiger partial charge in [-0.25, -0.2) is 0 Å². The number of amides is 2. The lowest BCUT2D eigenvalue weighted by atomic mass is 9.82. The molecule has 1 spiro atoms. The average Bonchev–Trinajstić information content (AvgIpc) is 3.09. The molecule has 0 unspecified atom stereocenters. The molecule has 2 amide bonds. The van der Waals surface area contributed by atoms with Crippen molar-refractivity contribution in [2.75, 3.05) is 6.54 Å². The maximum absolute atomic E-state index is 12.7. The molecule has 7 nitrogen and oxygen atoms in total. The van der Waals surface area contributed by atoms with Crippen LogP contribution in [0.25, 0.3) is 0 Å². The fourth-order valence-corrected chi connectivity index (χ4v) is 3.99. The van der Waals surface area contributed by atoms with Crippen molar-refractivity contribution in [3.8, 4) is 0 Å². The van der Waals surface area contributed by atoms with Crippen LogP contribution < -0.4 is 5.73 Å². The van der Waals surface area contributed by atoms with E-state index in [1.54, 1.807) is 11.0 Å². The summed E-state index contributed by atoms with van der Waals surface area (Å²) in [4.78, 5) is 26.0. The van der Waals surface area contributed by atoms with Gasteiger partial charge >= 0.3 is 0 Å². The second kappa shape index (κ2) is 5.08. The molecule has 0 bridgehead atoms. The molecule has 120 valence electrons. The van der Waals surface area contributed by atoms with Gasteiger partial charge in [-0.05, 0) is 26.7 Å². The molecule has 0 radical (unpaired) electrons. The van der Waals surface area contributed by atoms with Gasteiger partial charge in [0.05, 0.1) is 23.7 Å². The van der Waals surface area contributed by atoms with Crippen LogP contribution in [0, 0.1) is 0 Å². The van der Waals surface area contributed by atoms with Gasteiger partial charge in [-0.15, -0.1) is 0 Å². The van der Waals surface area contributed by atoms with Crippen LogP contribution in [-0.2, 0) is 9.53 Å². The lowest BCUT2D eigenvalue weighted by molar-refractivity contribution is -0.123. The molecule has 22 heavy (non-hydrogen) atoms. The van der Waals surface area contributed by atoms with Crippen LogP contribution in [-0.4, -0.2) is 45.7 Å². The number of nitrogens with zero attached hydrogens (tertiary/aromatic N) is 2. The molecule has 1 aromatic heterocycles. The van der Waals surface area contributed by atoms with Crippen LogP contribution in [0.3, 0.4) is 0 Å². The number of hydrogen-bond donors (Lipinski definition) is 1. The second-order valence-electron chi connectivity index (χ2n) is 6.76. The lowest BCUT2D eigenvalue weighted by Crippen LogP contribution is -2.53. The zero-order valence-corrected chi connectivity index (χ0v) is 12.9. The van der Waals surface area contributed by atoms with Gasteiger partial charge in [0.2, 0.25) is 5.91 Å². The van der Waals surface area contributed by atoms with Crippen molar-refractivity contribution in [2.24, 2.45) is 5.73 Å². The molecule has 2 saturated heterocycles. The molecule has 2 N–H and O–H groups in total. The van der Waals surface area contributed by atoms with Gasteiger partial charge in [-0.2, -0.15) is 0 Å². The van der Waals surface area contributed by atoms with E-state index in [1.807, 2.05) is 13.8 Å². The molecule has 1 aromatic rings. The number of rotatable bonds is 3. The SMILES string of the molecule is CC1(C)C[C@]2(CCCN2C(=O)c2ccon2)[C@H](CC(N)=O)O1. The van der Waals surface area contributed by atoms with Gasteiger partial charge in [0.25, 0.3) is 5.91 Å². The van der Waals surface area contributed by atoms with Crippen LogP contribution in [0.4, 0.5) is 0 Å². The number of carbonyl (C=O) groups is 2. The number of ether oxygens (including phenoxy) is 1. The first-order chi connectivity index (χ1) is 10.3. The summed E-state index contributed by atoms with van der Waals surface area (Å²) >= 11 is 0. The molecular formula is C15H21N3O4. The summed E-state index contributed by atoms with van der Waals surface area (Å²) in [6.07, 6.45) is 3.48. The first-order valence-corrected chi connectivity index (χ1v) is 7.53. The van der Waals surface area contributed by atoms with E-state index >= 15 is 0 Å². The molecule has 2 atom stereocenters. The third-order valence-corrected chi connectivity index (χ3v) is 4.61. The van der Waals surface area contributed by atoms with E-state index in [4.69, 9.17) is 15.0 Å². The van der Waals surface area contributed by atoms with Crippen molar-refractivity contribution in [1.29, 1.82) is 0 Å². The highest BCUT2D eigenvalue weighted by atomic mass is 16.5. The third-order valence-electron chi connectivity index (χ3n) is 4.61. The van der Waals surface area contributed by atoms with Crippen LogP contribution >= 0.6 is 0 Å². The van der Waals surface area contributed by atoms with Gasteiger partial charge in [-0.1, -0.05) is 5.16 Å². The Morgan fingerprint density at radius 1 is 1.50 bits per heavy atom. The standard InChI is InChI=1S/C15H21N3O4/c1-14(2)9-15(11(22-14)8-12(16)19)5-3-6-18(15)13(20)10-4-7-21-17-10/h4,7,11H,3,5-6,8-9H2,1-2H3,(H2,16,19)/t11-,15+/m0/s1. The number of aromatic nitrogens is 1. The fraction of sp³-hybridized carbons (Fsp3) is 0.667. The molecular weight excluding hydrogens is 286 g/mol. The van der Waals surface area contributed by atoms with Crippen molar-refractivity contribution in [3.05, 3.63) is 18.0 Å². The Morgan fingerprint density at radius 2 is 2.27 bits per heavy atom. The molecule has 2 aliphatic rings. The fourth-order valence-electron chi connectivity index (χ4n) is 3.99. The maximum Gasteiger partial charge on any atom is 0.276 e. The zero-order chi connectivity index (χ0) is 16.0. The van der Waals surface area contributed by atoms with E-state index in [1.165, 1.54) is 6.26 Å². The van der Waals surface area contributed by atoms with Gasteiger partial charge in [0.15, 0.2) is 5.69 Å². The summed E-state index contributed by atoms with van der Waals surface area (Å²) in [5.74, 6) is -0.593. The molecule has 2 fully saturated rings. The van der Waals surface area contributed by atoms with Gasteiger partial charge in [-0.3, -0.25) is 9.59 Å². The third kappa shape index (κ3) is 2.39.